The third-order valence-electron chi connectivity index (χ3n) is 5.46. The molecule has 0 heterocycles. The Bertz CT molecular complexity index is 559. The molecule has 3 atom stereocenters. The van der Waals surface area contributed by atoms with Crippen molar-refractivity contribution in [3.8, 4) is 0 Å². The van der Waals surface area contributed by atoms with E-state index in [0.29, 0.717) is 23.8 Å². The molecule has 0 spiro atoms. The fourth-order valence-corrected chi connectivity index (χ4v) is 4.09. The van der Waals surface area contributed by atoms with Crippen molar-refractivity contribution in [3.63, 3.8) is 0 Å². The van der Waals surface area contributed by atoms with Crippen LogP contribution in [0.15, 0.2) is 30.3 Å². The summed E-state index contributed by atoms with van der Waals surface area (Å²) in [5.41, 5.74) is -0.675. The van der Waals surface area contributed by atoms with E-state index in [9.17, 15) is 14.7 Å². The van der Waals surface area contributed by atoms with Crippen molar-refractivity contribution in [2.75, 3.05) is 0 Å². The van der Waals surface area contributed by atoms with Gasteiger partial charge in [-0.05, 0) is 36.7 Å². The van der Waals surface area contributed by atoms with Gasteiger partial charge < -0.3 is 10.4 Å². The zero-order valence-electron chi connectivity index (χ0n) is 12.9. The van der Waals surface area contributed by atoms with Gasteiger partial charge in [-0.3, -0.25) is 4.79 Å². The smallest absolute Gasteiger partial charge is 0.334 e. The van der Waals surface area contributed by atoms with Gasteiger partial charge in [-0.25, -0.2) is 4.79 Å². The lowest BCUT2D eigenvalue weighted by atomic mass is 9.87. The largest absolute Gasteiger partial charge is 0.479 e. The topological polar surface area (TPSA) is 66.4 Å². The normalized spacial score (nSPS) is 29.0. The van der Waals surface area contributed by atoms with Crippen molar-refractivity contribution in [3.05, 3.63) is 35.9 Å². The van der Waals surface area contributed by atoms with E-state index >= 15 is 0 Å². The molecule has 22 heavy (non-hydrogen) atoms. The number of amides is 1. The summed E-state index contributed by atoms with van der Waals surface area (Å²) >= 11 is 0. The number of nitrogens with one attached hydrogen (secondary N) is 1. The van der Waals surface area contributed by atoms with Gasteiger partial charge in [0.15, 0.2) is 5.54 Å². The second kappa shape index (κ2) is 5.75. The molecule has 0 aromatic heterocycles. The first-order valence-electron chi connectivity index (χ1n) is 8.21. The summed E-state index contributed by atoms with van der Waals surface area (Å²) in [5.74, 6) is -0.0830. The van der Waals surface area contributed by atoms with Crippen LogP contribution in [-0.2, 0) is 15.1 Å². The number of hydrogen-bond donors (Lipinski definition) is 2. The van der Waals surface area contributed by atoms with Crippen LogP contribution in [0.4, 0.5) is 0 Å². The van der Waals surface area contributed by atoms with Crippen molar-refractivity contribution in [1.29, 1.82) is 0 Å². The number of carboxylic acid groups (broad SMARTS) is 1. The molecule has 1 aromatic carbocycles. The Hall–Kier alpha value is -1.84. The Kier molecular flexibility index (Phi) is 3.94. The maximum Gasteiger partial charge on any atom is 0.334 e. The SMILES string of the molecule is CCC(NC(=O)C1C2CCCCC21)(C(=O)O)c1ccccc1. The number of fused-ring (bicyclic) bond motifs is 1. The summed E-state index contributed by atoms with van der Waals surface area (Å²) in [4.78, 5) is 24.6. The lowest BCUT2D eigenvalue weighted by Gasteiger charge is -2.30. The highest BCUT2D eigenvalue weighted by Gasteiger charge is 2.56. The highest BCUT2D eigenvalue weighted by Crippen LogP contribution is 2.55. The molecule has 0 saturated heterocycles. The molecule has 0 aliphatic heterocycles. The summed E-state index contributed by atoms with van der Waals surface area (Å²) in [6.45, 7) is 1.81. The quantitative estimate of drug-likeness (QED) is 0.878. The number of benzene rings is 1. The van der Waals surface area contributed by atoms with Crippen LogP contribution in [0, 0.1) is 17.8 Å². The van der Waals surface area contributed by atoms with Crippen molar-refractivity contribution < 1.29 is 14.7 Å². The lowest BCUT2D eigenvalue weighted by molar-refractivity contribution is -0.148. The van der Waals surface area contributed by atoms with E-state index in [0.717, 1.165) is 12.8 Å². The van der Waals surface area contributed by atoms with Gasteiger partial charge in [-0.1, -0.05) is 50.1 Å². The van der Waals surface area contributed by atoms with Crippen LogP contribution in [0.5, 0.6) is 0 Å². The zero-order chi connectivity index (χ0) is 15.7. The van der Waals surface area contributed by atoms with E-state index in [-0.39, 0.29) is 11.8 Å². The third-order valence-corrected chi connectivity index (χ3v) is 5.46. The summed E-state index contributed by atoms with van der Waals surface area (Å²) in [6, 6.07) is 9.02. The standard InChI is InChI=1S/C18H23NO3/c1-2-18(17(21)22,12-8-4-3-5-9-12)19-16(20)15-13-10-6-7-11-14(13)15/h3-5,8-9,13-15H,2,6-7,10-11H2,1H3,(H,19,20)(H,21,22). The minimum Gasteiger partial charge on any atom is -0.479 e. The molecular weight excluding hydrogens is 278 g/mol. The average molecular weight is 301 g/mol. The summed E-state index contributed by atoms with van der Waals surface area (Å²) in [5, 5.41) is 12.6. The van der Waals surface area contributed by atoms with E-state index in [4.69, 9.17) is 0 Å². The Labute approximate surface area is 130 Å². The van der Waals surface area contributed by atoms with Crippen LogP contribution < -0.4 is 5.32 Å². The molecule has 2 aliphatic rings. The van der Waals surface area contributed by atoms with Gasteiger partial charge in [-0.15, -0.1) is 0 Å². The van der Waals surface area contributed by atoms with Crippen molar-refractivity contribution in [2.24, 2.45) is 17.8 Å². The molecule has 1 aromatic rings. The molecule has 0 radical (unpaired) electrons. The van der Waals surface area contributed by atoms with Crippen LogP contribution in [0.3, 0.4) is 0 Å². The first-order valence-corrected chi connectivity index (χ1v) is 8.21. The molecule has 3 unspecified atom stereocenters. The fraction of sp³-hybridized carbons (Fsp3) is 0.556. The summed E-state index contributed by atoms with van der Waals surface area (Å²) < 4.78 is 0. The van der Waals surface area contributed by atoms with Crippen molar-refractivity contribution in [2.45, 2.75) is 44.6 Å². The third kappa shape index (κ3) is 2.40. The maximum atomic E-state index is 12.6. The van der Waals surface area contributed by atoms with E-state index in [1.807, 2.05) is 18.2 Å². The molecule has 2 aliphatic carbocycles. The highest BCUT2D eigenvalue weighted by atomic mass is 16.4. The molecule has 2 fully saturated rings. The highest BCUT2D eigenvalue weighted by molar-refractivity contribution is 5.90. The van der Waals surface area contributed by atoms with Crippen LogP contribution in [0.2, 0.25) is 0 Å². The molecule has 4 heteroatoms. The van der Waals surface area contributed by atoms with Crippen LogP contribution in [0.1, 0.15) is 44.6 Å². The molecule has 118 valence electrons. The number of carbonyl (C=O) groups excluding carboxylic acids is 1. The predicted octanol–water partition coefficient (Wildman–Crippen LogP) is 2.93. The Morgan fingerprint density at radius 2 is 1.77 bits per heavy atom. The zero-order valence-corrected chi connectivity index (χ0v) is 12.9. The van der Waals surface area contributed by atoms with Gasteiger partial charge in [0.1, 0.15) is 0 Å². The lowest BCUT2D eigenvalue weighted by Crippen LogP contribution is -2.52. The Morgan fingerprint density at radius 3 is 2.27 bits per heavy atom. The number of rotatable bonds is 5. The summed E-state index contributed by atoms with van der Waals surface area (Å²) in [7, 11) is 0. The van der Waals surface area contributed by atoms with E-state index < -0.39 is 11.5 Å². The van der Waals surface area contributed by atoms with Crippen molar-refractivity contribution in [1.82, 2.24) is 5.32 Å². The van der Waals surface area contributed by atoms with Crippen molar-refractivity contribution >= 4 is 11.9 Å². The first-order chi connectivity index (χ1) is 10.6. The second-order valence-corrected chi connectivity index (χ2v) is 6.56. The molecule has 4 nitrogen and oxygen atoms in total. The fourth-order valence-electron chi connectivity index (χ4n) is 4.09. The second-order valence-electron chi connectivity index (χ2n) is 6.56. The summed E-state index contributed by atoms with van der Waals surface area (Å²) in [6.07, 6.45) is 4.95. The van der Waals surface area contributed by atoms with E-state index in [2.05, 4.69) is 5.32 Å². The molecule has 1 amide bonds. The van der Waals surface area contributed by atoms with Gasteiger partial charge in [0.05, 0.1) is 0 Å². The van der Waals surface area contributed by atoms with Gasteiger partial charge in [0, 0.05) is 5.92 Å². The predicted molar refractivity (Wildman–Crippen MR) is 83.1 cm³/mol. The van der Waals surface area contributed by atoms with Crippen LogP contribution in [0.25, 0.3) is 0 Å². The van der Waals surface area contributed by atoms with Crippen LogP contribution >= 0.6 is 0 Å². The molecule has 2 saturated carbocycles. The number of carbonyl (C=O) groups is 2. The van der Waals surface area contributed by atoms with Crippen LogP contribution in [-0.4, -0.2) is 17.0 Å². The molecule has 3 rings (SSSR count). The minimum absolute atomic E-state index is 0.0245. The Balaban J connectivity index is 1.82. The number of hydrogen-bond acceptors (Lipinski definition) is 2. The molecule has 2 N–H and O–H groups in total. The van der Waals surface area contributed by atoms with Gasteiger partial charge in [0.25, 0.3) is 0 Å². The Morgan fingerprint density at radius 1 is 1.18 bits per heavy atom. The first kappa shape index (κ1) is 15.1. The van der Waals surface area contributed by atoms with Gasteiger partial charge >= 0.3 is 5.97 Å². The average Bonchev–Trinajstić information content (AvgIpc) is 3.27. The van der Waals surface area contributed by atoms with E-state index in [1.165, 1.54) is 12.8 Å². The molecule has 0 bridgehead atoms. The van der Waals surface area contributed by atoms with E-state index in [1.54, 1.807) is 19.1 Å². The van der Waals surface area contributed by atoms with Gasteiger partial charge in [-0.2, -0.15) is 0 Å². The molecular formula is C18H23NO3. The monoisotopic (exact) mass is 301 g/mol. The number of carboxylic acids is 1. The minimum atomic E-state index is -1.32. The maximum absolute atomic E-state index is 12.6. The number of aliphatic carboxylic acids is 1. The van der Waals surface area contributed by atoms with Gasteiger partial charge in [0.2, 0.25) is 5.91 Å².